The van der Waals surface area contributed by atoms with Crippen LogP contribution in [0, 0.1) is 5.92 Å². The Kier molecular flexibility index (Phi) is 5.43. The van der Waals surface area contributed by atoms with E-state index < -0.39 is 0 Å². The maximum Gasteiger partial charge on any atom is 0.196 e. The topological polar surface area (TPSA) is 26.0 Å². The Hall–Kier alpha value is -0.790. The highest BCUT2D eigenvalue weighted by atomic mass is 16.3. The van der Waals surface area contributed by atoms with Gasteiger partial charge in [-0.15, -0.1) is 0 Å². The molecule has 0 aromatic carbocycles. The lowest BCUT2D eigenvalue weighted by molar-refractivity contribution is 0.471. The highest BCUT2D eigenvalue weighted by Gasteiger charge is 2.00. The van der Waals surface area contributed by atoms with Crippen LogP contribution in [0.1, 0.15) is 46.4 Å². The summed E-state index contributed by atoms with van der Waals surface area (Å²) in [6.45, 7) is 10.6. The van der Waals surface area contributed by atoms with Gasteiger partial charge in [-0.2, -0.15) is 0 Å². The molecule has 0 aliphatic heterocycles. The predicted octanol–water partition coefficient (Wildman–Crippen LogP) is 3.46. The molecule has 0 aliphatic rings. The molecule has 1 aromatic heterocycles. The van der Waals surface area contributed by atoms with Crippen LogP contribution < -0.4 is 0 Å². The average molecular weight is 169 g/mol. The molecule has 1 heterocycles. The van der Waals surface area contributed by atoms with E-state index in [0.717, 1.165) is 11.8 Å². The molecule has 2 nitrogen and oxygen atoms in total. The maximum absolute atomic E-state index is 4.98. The summed E-state index contributed by atoms with van der Waals surface area (Å²) < 4.78 is 4.98. The number of hydrogen-bond acceptors (Lipinski definition) is 2. The monoisotopic (exact) mass is 169 g/mol. The van der Waals surface area contributed by atoms with Gasteiger partial charge in [0.2, 0.25) is 0 Å². The fourth-order valence-electron chi connectivity index (χ4n) is 0.520. The van der Waals surface area contributed by atoms with Crippen molar-refractivity contribution in [1.82, 2.24) is 4.98 Å². The zero-order valence-electron chi connectivity index (χ0n) is 8.66. The highest BCUT2D eigenvalue weighted by Crippen LogP contribution is 2.09. The normalized spacial score (nSPS) is 9.92. The molecule has 12 heavy (non-hydrogen) atoms. The van der Waals surface area contributed by atoms with Gasteiger partial charge >= 0.3 is 0 Å². The van der Waals surface area contributed by atoms with Gasteiger partial charge in [0, 0.05) is 5.92 Å². The Morgan fingerprint density at radius 3 is 1.83 bits per heavy atom. The first kappa shape index (κ1) is 11.2. The number of rotatable bonds is 1. The van der Waals surface area contributed by atoms with Crippen molar-refractivity contribution < 1.29 is 4.42 Å². The van der Waals surface area contributed by atoms with Gasteiger partial charge in [0.15, 0.2) is 5.89 Å². The Morgan fingerprint density at radius 1 is 1.17 bits per heavy atom. The van der Waals surface area contributed by atoms with Crippen LogP contribution in [0.15, 0.2) is 16.9 Å². The second-order valence-corrected chi connectivity index (χ2v) is 3.76. The molecule has 1 rings (SSSR count). The zero-order chi connectivity index (χ0) is 9.56. The number of aromatic nitrogens is 1. The Morgan fingerprint density at radius 2 is 1.67 bits per heavy atom. The Bertz CT molecular complexity index is 175. The van der Waals surface area contributed by atoms with E-state index in [2.05, 4.69) is 25.8 Å². The van der Waals surface area contributed by atoms with Crippen LogP contribution in [-0.4, -0.2) is 4.98 Å². The molecule has 1 aromatic rings. The lowest BCUT2D eigenvalue weighted by Crippen LogP contribution is -1.83. The van der Waals surface area contributed by atoms with Crippen LogP contribution in [0.4, 0.5) is 0 Å². The molecule has 0 bridgehead atoms. The van der Waals surface area contributed by atoms with Crippen LogP contribution in [0.25, 0.3) is 0 Å². The lowest BCUT2D eigenvalue weighted by atomic mass is 10.2. The molecule has 0 atom stereocenters. The summed E-state index contributed by atoms with van der Waals surface area (Å²) >= 11 is 0. The minimum atomic E-state index is 0.407. The average Bonchev–Trinajstić information content (AvgIpc) is 2.34. The van der Waals surface area contributed by atoms with Crippen molar-refractivity contribution in [3.05, 3.63) is 18.4 Å². The second kappa shape index (κ2) is 5.81. The molecule has 0 radical (unpaired) electrons. The summed E-state index contributed by atoms with van der Waals surface area (Å²) in [5, 5.41) is 0. The third-order valence-electron chi connectivity index (χ3n) is 0.945. The van der Waals surface area contributed by atoms with Crippen molar-refractivity contribution in [1.29, 1.82) is 0 Å². The van der Waals surface area contributed by atoms with Crippen LogP contribution in [-0.2, 0) is 0 Å². The fraction of sp³-hybridized carbons (Fsp3) is 0.700. The van der Waals surface area contributed by atoms with Crippen molar-refractivity contribution in [3.8, 4) is 0 Å². The first-order chi connectivity index (χ1) is 5.54. The molecule has 0 saturated carbocycles. The van der Waals surface area contributed by atoms with Gasteiger partial charge in [-0.05, 0) is 5.92 Å². The Labute approximate surface area is 75.0 Å². The van der Waals surface area contributed by atoms with Crippen molar-refractivity contribution >= 4 is 0 Å². The quantitative estimate of drug-likeness (QED) is 0.643. The smallest absolute Gasteiger partial charge is 0.196 e. The van der Waals surface area contributed by atoms with E-state index in [-0.39, 0.29) is 0 Å². The summed E-state index contributed by atoms with van der Waals surface area (Å²) in [5.41, 5.74) is 0. The van der Waals surface area contributed by atoms with Crippen molar-refractivity contribution in [2.45, 2.75) is 40.5 Å². The third kappa shape index (κ3) is 5.96. The highest BCUT2D eigenvalue weighted by molar-refractivity contribution is 4.85. The van der Waals surface area contributed by atoms with E-state index in [0.29, 0.717) is 5.92 Å². The van der Waals surface area contributed by atoms with Gasteiger partial charge in [0.05, 0.1) is 6.20 Å². The minimum absolute atomic E-state index is 0.407. The van der Waals surface area contributed by atoms with E-state index in [4.69, 9.17) is 4.42 Å². The number of oxazole rings is 1. The summed E-state index contributed by atoms with van der Waals surface area (Å²) in [7, 11) is 0. The third-order valence-corrected chi connectivity index (χ3v) is 0.945. The van der Waals surface area contributed by atoms with Crippen molar-refractivity contribution in [2.75, 3.05) is 0 Å². The zero-order valence-corrected chi connectivity index (χ0v) is 8.66. The SMILES string of the molecule is CC(C)C.CC(C)c1ncco1. The molecule has 0 aliphatic carbocycles. The van der Waals surface area contributed by atoms with Crippen molar-refractivity contribution in [2.24, 2.45) is 5.92 Å². The van der Waals surface area contributed by atoms with E-state index in [9.17, 15) is 0 Å². The largest absolute Gasteiger partial charge is 0.449 e. The lowest BCUT2D eigenvalue weighted by Gasteiger charge is -1.92. The van der Waals surface area contributed by atoms with E-state index in [1.54, 1.807) is 12.5 Å². The van der Waals surface area contributed by atoms with E-state index >= 15 is 0 Å². The van der Waals surface area contributed by atoms with Gasteiger partial charge in [0.1, 0.15) is 6.26 Å². The fourth-order valence-corrected chi connectivity index (χ4v) is 0.520. The molecule has 0 spiro atoms. The van der Waals surface area contributed by atoms with E-state index in [1.807, 2.05) is 13.8 Å². The first-order valence-electron chi connectivity index (χ1n) is 4.43. The summed E-state index contributed by atoms with van der Waals surface area (Å²) in [4.78, 5) is 3.95. The molecule has 0 N–H and O–H groups in total. The molecule has 2 heteroatoms. The summed E-state index contributed by atoms with van der Waals surface area (Å²) in [5.74, 6) is 2.05. The molecule has 0 fully saturated rings. The Balaban J connectivity index is 0.000000261. The van der Waals surface area contributed by atoms with Gasteiger partial charge in [-0.1, -0.05) is 34.6 Å². The van der Waals surface area contributed by atoms with Crippen LogP contribution in [0.5, 0.6) is 0 Å². The molecule has 0 amide bonds. The molecule has 70 valence electrons. The van der Waals surface area contributed by atoms with Gasteiger partial charge < -0.3 is 4.42 Å². The number of hydrogen-bond donors (Lipinski definition) is 0. The summed E-state index contributed by atoms with van der Waals surface area (Å²) in [6.07, 6.45) is 3.25. The van der Waals surface area contributed by atoms with Crippen LogP contribution >= 0.6 is 0 Å². The standard InChI is InChI=1S/C6H9NO.C4H10/c1-5(2)6-7-3-4-8-6;1-4(2)3/h3-5H,1-2H3;4H,1-3H3. The number of nitrogens with zero attached hydrogens (tertiary/aromatic N) is 1. The van der Waals surface area contributed by atoms with Gasteiger partial charge in [-0.25, -0.2) is 4.98 Å². The van der Waals surface area contributed by atoms with Gasteiger partial charge in [-0.3, -0.25) is 0 Å². The van der Waals surface area contributed by atoms with Crippen LogP contribution in [0.2, 0.25) is 0 Å². The second-order valence-electron chi connectivity index (χ2n) is 3.76. The predicted molar refractivity (Wildman–Crippen MR) is 51.1 cm³/mol. The molecular formula is C10H19NO. The first-order valence-corrected chi connectivity index (χ1v) is 4.43. The minimum Gasteiger partial charge on any atom is -0.449 e. The molecular weight excluding hydrogens is 150 g/mol. The van der Waals surface area contributed by atoms with Crippen LogP contribution in [0.3, 0.4) is 0 Å². The molecule has 0 saturated heterocycles. The van der Waals surface area contributed by atoms with Gasteiger partial charge in [0.25, 0.3) is 0 Å². The van der Waals surface area contributed by atoms with E-state index in [1.165, 1.54) is 0 Å². The van der Waals surface area contributed by atoms with Crippen molar-refractivity contribution in [3.63, 3.8) is 0 Å². The maximum atomic E-state index is 4.98. The summed E-state index contributed by atoms with van der Waals surface area (Å²) in [6, 6.07) is 0. The molecule has 0 unspecified atom stereocenters.